The molecule has 110 valence electrons. The summed E-state index contributed by atoms with van der Waals surface area (Å²) in [5, 5.41) is 16.5. The minimum absolute atomic E-state index is 0.00646. The Kier molecular flexibility index (Phi) is 4.39. The molecule has 1 aromatic heterocycles. The van der Waals surface area contributed by atoms with Crippen LogP contribution in [0.15, 0.2) is 15.7 Å². The van der Waals surface area contributed by atoms with E-state index in [1.165, 1.54) is 0 Å². The van der Waals surface area contributed by atoms with E-state index in [1.54, 1.807) is 0 Å². The van der Waals surface area contributed by atoms with E-state index in [0.717, 1.165) is 12.5 Å². The molecule has 20 heavy (non-hydrogen) atoms. The smallest absolute Gasteiger partial charge is 0.266 e. The van der Waals surface area contributed by atoms with Crippen LogP contribution in [0.2, 0.25) is 0 Å². The summed E-state index contributed by atoms with van der Waals surface area (Å²) in [4.78, 5) is 34.5. The van der Waals surface area contributed by atoms with E-state index in [9.17, 15) is 19.5 Å². The number of aliphatic hydroxyl groups is 1. The third-order valence-electron chi connectivity index (χ3n) is 3.75. The number of carbonyl (C=O) groups is 1. The van der Waals surface area contributed by atoms with Crippen LogP contribution in [0.5, 0.6) is 0 Å². The lowest BCUT2D eigenvalue weighted by Gasteiger charge is -2.37. The lowest BCUT2D eigenvalue weighted by atomic mass is 9.76. The van der Waals surface area contributed by atoms with Crippen LogP contribution in [0.1, 0.15) is 31.7 Å². The van der Waals surface area contributed by atoms with Gasteiger partial charge in [-0.1, -0.05) is 6.92 Å². The number of aliphatic hydroxyl groups excluding tert-OH is 1. The zero-order valence-electron chi connectivity index (χ0n) is 11.3. The standard InChI is InChI=1S/C13H19N3O4/c1-2-10(7-3-9(17)4-7)14-11(18)5-8-6-12(19)15-16-13(8)20/h6-7,9-10,17H,2-5H2,1H3,(H,14,18)(H,15,19)(H,16,20). The zero-order valence-corrected chi connectivity index (χ0v) is 11.3. The highest BCUT2D eigenvalue weighted by atomic mass is 16.3. The Labute approximate surface area is 115 Å². The van der Waals surface area contributed by atoms with Crippen molar-refractivity contribution in [1.82, 2.24) is 15.5 Å². The van der Waals surface area contributed by atoms with E-state index in [1.807, 2.05) is 6.92 Å². The number of amides is 1. The average Bonchev–Trinajstić information content (AvgIpc) is 2.37. The Bertz CT molecular complexity index is 586. The maximum atomic E-state index is 11.9. The van der Waals surface area contributed by atoms with Gasteiger partial charge in [0.1, 0.15) is 0 Å². The van der Waals surface area contributed by atoms with Gasteiger partial charge in [0.05, 0.1) is 12.5 Å². The predicted molar refractivity (Wildman–Crippen MR) is 72.3 cm³/mol. The van der Waals surface area contributed by atoms with Gasteiger partial charge in [-0.2, -0.15) is 0 Å². The molecule has 1 aliphatic rings. The van der Waals surface area contributed by atoms with E-state index in [-0.39, 0.29) is 36.0 Å². The van der Waals surface area contributed by atoms with Crippen molar-refractivity contribution in [3.8, 4) is 0 Å². The number of carbonyl (C=O) groups excluding carboxylic acids is 1. The molecule has 1 aliphatic carbocycles. The van der Waals surface area contributed by atoms with Crippen LogP contribution in [0.4, 0.5) is 0 Å². The first-order valence-corrected chi connectivity index (χ1v) is 6.78. The molecule has 0 radical (unpaired) electrons. The van der Waals surface area contributed by atoms with Crippen LogP contribution in [0.25, 0.3) is 0 Å². The van der Waals surface area contributed by atoms with Crippen molar-refractivity contribution in [3.05, 3.63) is 32.3 Å². The van der Waals surface area contributed by atoms with Gasteiger partial charge in [0, 0.05) is 17.7 Å². The molecule has 1 amide bonds. The summed E-state index contributed by atoms with van der Waals surface area (Å²) in [5.74, 6) is 0.00532. The van der Waals surface area contributed by atoms with Crippen molar-refractivity contribution in [1.29, 1.82) is 0 Å². The third kappa shape index (κ3) is 3.36. The van der Waals surface area contributed by atoms with Crippen molar-refractivity contribution in [2.75, 3.05) is 0 Å². The molecule has 4 N–H and O–H groups in total. The molecule has 0 bridgehead atoms. The Morgan fingerprint density at radius 1 is 1.45 bits per heavy atom. The van der Waals surface area contributed by atoms with Crippen molar-refractivity contribution in [2.45, 2.75) is 44.8 Å². The first-order chi connectivity index (χ1) is 9.49. The first-order valence-electron chi connectivity index (χ1n) is 6.78. The number of aromatic nitrogens is 2. The van der Waals surface area contributed by atoms with Crippen molar-refractivity contribution in [3.63, 3.8) is 0 Å². The van der Waals surface area contributed by atoms with Crippen molar-refractivity contribution in [2.24, 2.45) is 5.92 Å². The monoisotopic (exact) mass is 281 g/mol. The number of nitrogens with one attached hydrogen (secondary N) is 3. The van der Waals surface area contributed by atoms with Crippen LogP contribution in [0.3, 0.4) is 0 Å². The number of H-pyrrole nitrogens is 2. The Hall–Kier alpha value is -1.89. The number of hydrogen-bond donors (Lipinski definition) is 4. The maximum absolute atomic E-state index is 11.9. The van der Waals surface area contributed by atoms with E-state index < -0.39 is 11.1 Å². The molecule has 1 heterocycles. The van der Waals surface area contributed by atoms with Gasteiger partial charge in [0.15, 0.2) is 0 Å². The molecule has 2 rings (SSSR count). The fourth-order valence-electron chi connectivity index (χ4n) is 2.53. The predicted octanol–water partition coefficient (Wildman–Crippen LogP) is -0.729. The molecule has 1 saturated carbocycles. The summed E-state index contributed by atoms with van der Waals surface area (Å²) in [5.41, 5.74) is -0.761. The van der Waals surface area contributed by atoms with Crippen LogP contribution in [0, 0.1) is 5.92 Å². The number of aromatic amines is 2. The molecule has 7 heteroatoms. The summed E-state index contributed by atoms with van der Waals surface area (Å²) in [6.07, 6.45) is 1.79. The van der Waals surface area contributed by atoms with Crippen molar-refractivity contribution < 1.29 is 9.90 Å². The summed E-state index contributed by atoms with van der Waals surface area (Å²) >= 11 is 0. The normalized spacial score (nSPS) is 22.9. The van der Waals surface area contributed by atoms with E-state index in [4.69, 9.17) is 0 Å². The molecule has 0 aromatic carbocycles. The second kappa shape index (κ2) is 6.04. The second-order valence-corrected chi connectivity index (χ2v) is 5.26. The highest BCUT2D eigenvalue weighted by molar-refractivity contribution is 5.78. The van der Waals surface area contributed by atoms with Crippen LogP contribution < -0.4 is 16.4 Å². The molecular formula is C13H19N3O4. The van der Waals surface area contributed by atoms with E-state index >= 15 is 0 Å². The topological polar surface area (TPSA) is 115 Å². The van der Waals surface area contributed by atoms with Crippen molar-refractivity contribution >= 4 is 5.91 Å². The van der Waals surface area contributed by atoms with Gasteiger partial charge in [0.25, 0.3) is 11.1 Å². The Morgan fingerprint density at radius 3 is 2.75 bits per heavy atom. The largest absolute Gasteiger partial charge is 0.393 e. The lowest BCUT2D eigenvalue weighted by molar-refractivity contribution is -0.122. The number of hydrogen-bond acceptors (Lipinski definition) is 4. The minimum Gasteiger partial charge on any atom is -0.393 e. The average molecular weight is 281 g/mol. The Morgan fingerprint density at radius 2 is 2.15 bits per heavy atom. The first kappa shape index (κ1) is 14.5. The SMILES string of the molecule is CCC(NC(=O)Cc1cc(=O)[nH][nH]c1=O)C1CC(O)C1. The second-order valence-electron chi connectivity index (χ2n) is 5.26. The molecule has 1 unspecified atom stereocenters. The van der Waals surface area contributed by atoms with E-state index in [0.29, 0.717) is 12.8 Å². The molecule has 7 nitrogen and oxygen atoms in total. The summed E-state index contributed by atoms with van der Waals surface area (Å²) in [6.45, 7) is 1.97. The zero-order chi connectivity index (χ0) is 14.7. The fourth-order valence-corrected chi connectivity index (χ4v) is 2.53. The molecule has 1 fully saturated rings. The molecule has 1 atom stereocenters. The Balaban J connectivity index is 1.96. The third-order valence-corrected chi connectivity index (χ3v) is 3.75. The molecule has 1 aromatic rings. The van der Waals surface area contributed by atoms with Gasteiger partial charge in [-0.15, -0.1) is 0 Å². The van der Waals surface area contributed by atoms with Gasteiger partial charge < -0.3 is 10.4 Å². The summed E-state index contributed by atoms with van der Waals surface area (Å²) in [6, 6.07) is 1.14. The van der Waals surface area contributed by atoms with Crippen LogP contribution >= 0.6 is 0 Å². The van der Waals surface area contributed by atoms with E-state index in [2.05, 4.69) is 15.5 Å². The highest BCUT2D eigenvalue weighted by Gasteiger charge is 2.33. The maximum Gasteiger partial charge on any atom is 0.266 e. The lowest BCUT2D eigenvalue weighted by Crippen LogP contribution is -2.47. The van der Waals surface area contributed by atoms with Gasteiger partial charge in [-0.3, -0.25) is 24.6 Å². The minimum atomic E-state index is -0.466. The molecular weight excluding hydrogens is 262 g/mol. The van der Waals surface area contributed by atoms with Gasteiger partial charge in [-0.05, 0) is 25.2 Å². The van der Waals surface area contributed by atoms with Gasteiger partial charge in [-0.25, -0.2) is 0 Å². The van der Waals surface area contributed by atoms with Crippen LogP contribution in [-0.4, -0.2) is 33.4 Å². The van der Waals surface area contributed by atoms with Gasteiger partial charge in [0.2, 0.25) is 5.91 Å². The van der Waals surface area contributed by atoms with Crippen LogP contribution in [-0.2, 0) is 11.2 Å². The highest BCUT2D eigenvalue weighted by Crippen LogP contribution is 2.31. The molecule has 0 aliphatic heterocycles. The number of rotatable bonds is 5. The summed E-state index contributed by atoms with van der Waals surface area (Å²) in [7, 11) is 0. The molecule has 0 spiro atoms. The summed E-state index contributed by atoms with van der Waals surface area (Å²) < 4.78 is 0. The fraction of sp³-hybridized carbons (Fsp3) is 0.615. The van der Waals surface area contributed by atoms with Gasteiger partial charge >= 0.3 is 0 Å². The quantitative estimate of drug-likeness (QED) is 0.569. The molecule has 0 saturated heterocycles.